The normalized spacial score (nSPS) is 21.2. The summed E-state index contributed by atoms with van der Waals surface area (Å²) in [5.41, 5.74) is 2.54. The Kier molecular flexibility index (Phi) is 3.55. The monoisotopic (exact) mass is 257 g/mol. The van der Waals surface area contributed by atoms with Crippen molar-refractivity contribution >= 4 is 0 Å². The van der Waals surface area contributed by atoms with Crippen molar-refractivity contribution in [2.24, 2.45) is 5.92 Å². The predicted molar refractivity (Wildman–Crippen MR) is 72.7 cm³/mol. The minimum Gasteiger partial charge on any atom is -0.316 e. The lowest BCUT2D eigenvalue weighted by atomic mass is 9.87. The third-order valence-corrected chi connectivity index (χ3v) is 3.81. The first kappa shape index (κ1) is 12.3. The number of rotatable bonds is 3. The standard InChI is InChI=1S/C14H19N5/c1-11-4-6-12(7-5-11)14(19-17-10-16-18-19)13-3-2-8-15-9-13/h4-7,10,13-15H,2-3,8-9H2,1H3/t13?,14-/m1/s1. The van der Waals surface area contributed by atoms with Crippen LogP contribution in [-0.4, -0.2) is 33.3 Å². The molecule has 1 aromatic carbocycles. The predicted octanol–water partition coefficient (Wildman–Crippen LogP) is 1.57. The summed E-state index contributed by atoms with van der Waals surface area (Å²) in [6, 6.07) is 8.83. The lowest BCUT2D eigenvalue weighted by Gasteiger charge is -2.30. The van der Waals surface area contributed by atoms with Crippen molar-refractivity contribution in [1.29, 1.82) is 0 Å². The Bertz CT molecular complexity index is 499. The van der Waals surface area contributed by atoms with Crippen molar-refractivity contribution in [1.82, 2.24) is 25.5 Å². The van der Waals surface area contributed by atoms with Crippen molar-refractivity contribution in [3.8, 4) is 0 Å². The summed E-state index contributed by atoms with van der Waals surface area (Å²) in [4.78, 5) is 1.75. The molecule has 2 atom stereocenters. The fourth-order valence-corrected chi connectivity index (χ4v) is 2.81. The van der Waals surface area contributed by atoms with Crippen LogP contribution in [0.1, 0.15) is 30.0 Å². The van der Waals surface area contributed by atoms with Crippen LogP contribution in [0, 0.1) is 12.8 Å². The highest BCUT2D eigenvalue weighted by Gasteiger charge is 2.28. The molecule has 0 spiro atoms. The summed E-state index contributed by atoms with van der Waals surface area (Å²) >= 11 is 0. The molecule has 100 valence electrons. The Labute approximate surface area is 113 Å². The van der Waals surface area contributed by atoms with Crippen LogP contribution in [0.25, 0.3) is 0 Å². The molecule has 0 saturated carbocycles. The van der Waals surface area contributed by atoms with Crippen molar-refractivity contribution in [3.05, 3.63) is 41.7 Å². The van der Waals surface area contributed by atoms with E-state index < -0.39 is 0 Å². The van der Waals surface area contributed by atoms with Gasteiger partial charge >= 0.3 is 0 Å². The molecule has 1 aromatic heterocycles. The van der Waals surface area contributed by atoms with Crippen molar-refractivity contribution < 1.29 is 0 Å². The molecular formula is C14H19N5. The zero-order chi connectivity index (χ0) is 13.1. The maximum absolute atomic E-state index is 4.26. The van der Waals surface area contributed by atoms with Gasteiger partial charge in [-0.05, 0) is 43.0 Å². The number of hydrogen-bond donors (Lipinski definition) is 1. The molecule has 5 heteroatoms. The summed E-state index contributed by atoms with van der Waals surface area (Å²) in [5.74, 6) is 0.519. The summed E-state index contributed by atoms with van der Waals surface area (Å²) in [5, 5.41) is 15.7. The van der Waals surface area contributed by atoms with Gasteiger partial charge in [0.05, 0.1) is 0 Å². The summed E-state index contributed by atoms with van der Waals surface area (Å²) < 4.78 is 0. The molecule has 0 radical (unpaired) electrons. The topological polar surface area (TPSA) is 55.6 Å². The molecule has 0 aliphatic carbocycles. The lowest BCUT2D eigenvalue weighted by molar-refractivity contribution is 0.261. The average Bonchev–Trinajstić information content (AvgIpc) is 2.96. The van der Waals surface area contributed by atoms with Gasteiger partial charge < -0.3 is 5.32 Å². The Hall–Kier alpha value is -1.75. The van der Waals surface area contributed by atoms with E-state index in [4.69, 9.17) is 0 Å². The van der Waals surface area contributed by atoms with Crippen LogP contribution in [0.15, 0.2) is 30.6 Å². The maximum Gasteiger partial charge on any atom is 0.162 e. The van der Waals surface area contributed by atoms with E-state index >= 15 is 0 Å². The Balaban J connectivity index is 1.93. The van der Waals surface area contributed by atoms with E-state index in [0.29, 0.717) is 5.92 Å². The van der Waals surface area contributed by atoms with Crippen LogP contribution in [-0.2, 0) is 0 Å². The minimum absolute atomic E-state index is 0.177. The molecule has 0 bridgehead atoms. The highest BCUT2D eigenvalue weighted by atomic mass is 15.6. The van der Waals surface area contributed by atoms with Crippen LogP contribution < -0.4 is 5.32 Å². The van der Waals surface area contributed by atoms with Gasteiger partial charge in [-0.3, -0.25) is 0 Å². The van der Waals surface area contributed by atoms with Gasteiger partial charge in [0, 0.05) is 6.54 Å². The van der Waals surface area contributed by atoms with E-state index in [1.54, 1.807) is 4.80 Å². The van der Waals surface area contributed by atoms with Gasteiger partial charge in [0.15, 0.2) is 6.33 Å². The third-order valence-electron chi connectivity index (χ3n) is 3.81. The Morgan fingerprint density at radius 1 is 1.32 bits per heavy atom. The molecule has 5 nitrogen and oxygen atoms in total. The minimum atomic E-state index is 0.177. The second-order valence-corrected chi connectivity index (χ2v) is 5.22. The highest BCUT2D eigenvalue weighted by molar-refractivity contribution is 5.25. The number of nitrogens with zero attached hydrogens (tertiary/aromatic N) is 4. The number of tetrazole rings is 1. The molecule has 1 saturated heterocycles. The second kappa shape index (κ2) is 5.48. The largest absolute Gasteiger partial charge is 0.316 e. The van der Waals surface area contributed by atoms with Gasteiger partial charge in [-0.15, -0.1) is 10.2 Å². The van der Waals surface area contributed by atoms with Crippen molar-refractivity contribution in [2.75, 3.05) is 13.1 Å². The molecular weight excluding hydrogens is 238 g/mol. The molecule has 1 fully saturated rings. The molecule has 3 rings (SSSR count). The molecule has 2 aromatic rings. The zero-order valence-corrected chi connectivity index (χ0v) is 11.2. The first-order valence-corrected chi connectivity index (χ1v) is 6.84. The van der Waals surface area contributed by atoms with Crippen LogP contribution in [0.3, 0.4) is 0 Å². The highest BCUT2D eigenvalue weighted by Crippen LogP contribution is 2.29. The van der Waals surface area contributed by atoms with Gasteiger partial charge in [0.2, 0.25) is 0 Å². The molecule has 1 unspecified atom stereocenters. The quantitative estimate of drug-likeness (QED) is 0.907. The molecule has 19 heavy (non-hydrogen) atoms. The van der Waals surface area contributed by atoms with E-state index in [1.807, 2.05) is 0 Å². The van der Waals surface area contributed by atoms with Crippen LogP contribution in [0.4, 0.5) is 0 Å². The van der Waals surface area contributed by atoms with E-state index in [9.17, 15) is 0 Å². The van der Waals surface area contributed by atoms with Crippen molar-refractivity contribution in [3.63, 3.8) is 0 Å². The molecule has 0 amide bonds. The number of aromatic nitrogens is 4. The number of nitrogens with one attached hydrogen (secondary N) is 1. The van der Waals surface area contributed by atoms with Gasteiger partial charge in [0.25, 0.3) is 0 Å². The molecule has 1 N–H and O–H groups in total. The SMILES string of the molecule is Cc1ccc([C@H](C2CCCNC2)n2ncnn2)cc1. The number of hydrogen-bond acceptors (Lipinski definition) is 4. The van der Waals surface area contributed by atoms with E-state index in [1.165, 1.54) is 30.3 Å². The number of benzene rings is 1. The van der Waals surface area contributed by atoms with E-state index in [2.05, 4.69) is 51.9 Å². The van der Waals surface area contributed by atoms with Gasteiger partial charge in [-0.2, -0.15) is 4.80 Å². The second-order valence-electron chi connectivity index (χ2n) is 5.22. The average molecular weight is 257 g/mol. The van der Waals surface area contributed by atoms with Crippen molar-refractivity contribution in [2.45, 2.75) is 25.8 Å². The van der Waals surface area contributed by atoms with E-state index in [0.717, 1.165) is 13.1 Å². The fraction of sp³-hybridized carbons (Fsp3) is 0.500. The molecule has 1 aliphatic rings. The first-order chi connectivity index (χ1) is 9.34. The lowest BCUT2D eigenvalue weighted by Crippen LogP contribution is -2.36. The van der Waals surface area contributed by atoms with Crippen LogP contribution in [0.5, 0.6) is 0 Å². The maximum atomic E-state index is 4.26. The Morgan fingerprint density at radius 2 is 2.16 bits per heavy atom. The van der Waals surface area contributed by atoms with Gasteiger partial charge in [-0.25, -0.2) is 0 Å². The fourth-order valence-electron chi connectivity index (χ4n) is 2.81. The van der Waals surface area contributed by atoms with Gasteiger partial charge in [-0.1, -0.05) is 29.8 Å². The summed E-state index contributed by atoms with van der Waals surface area (Å²) in [6.45, 7) is 4.23. The Morgan fingerprint density at radius 3 is 2.79 bits per heavy atom. The van der Waals surface area contributed by atoms with Crippen LogP contribution >= 0.6 is 0 Å². The number of aryl methyl sites for hydroxylation is 1. The molecule has 2 heterocycles. The molecule has 1 aliphatic heterocycles. The van der Waals surface area contributed by atoms with E-state index in [-0.39, 0.29) is 6.04 Å². The van der Waals surface area contributed by atoms with Crippen LogP contribution in [0.2, 0.25) is 0 Å². The zero-order valence-electron chi connectivity index (χ0n) is 11.2. The smallest absolute Gasteiger partial charge is 0.162 e. The summed E-state index contributed by atoms with van der Waals surface area (Å²) in [7, 11) is 0. The van der Waals surface area contributed by atoms with Gasteiger partial charge in [0.1, 0.15) is 6.04 Å². The number of piperidine rings is 1. The first-order valence-electron chi connectivity index (χ1n) is 6.84. The summed E-state index contributed by atoms with van der Waals surface area (Å²) in [6.07, 6.45) is 3.92. The third kappa shape index (κ3) is 2.66.